The van der Waals surface area contributed by atoms with Crippen molar-refractivity contribution in [1.82, 2.24) is 0 Å². The summed E-state index contributed by atoms with van der Waals surface area (Å²) in [6, 6.07) is 9.80. The van der Waals surface area contributed by atoms with Gasteiger partial charge in [0.2, 0.25) is 0 Å². The lowest BCUT2D eigenvalue weighted by Crippen LogP contribution is -2.24. The Morgan fingerprint density at radius 1 is 1.21 bits per heavy atom. The van der Waals surface area contributed by atoms with E-state index in [0.717, 1.165) is 5.56 Å². The largest absolute Gasteiger partial charge is 0.482 e. The summed E-state index contributed by atoms with van der Waals surface area (Å²) in [6.07, 6.45) is -0.246. The molecule has 2 aromatic carbocycles. The molecular formula is C14H10Cl2FNO. The van der Waals surface area contributed by atoms with Gasteiger partial charge in [0.1, 0.15) is 17.7 Å². The molecule has 1 heterocycles. The SMILES string of the molecule is Fc1ccc2c(c1)NCC(c1cccc(Cl)c1Cl)O2. The molecule has 1 unspecified atom stereocenters. The van der Waals surface area contributed by atoms with Crippen LogP contribution in [0.1, 0.15) is 11.7 Å². The third kappa shape index (κ3) is 2.36. The number of hydrogen-bond donors (Lipinski definition) is 1. The number of rotatable bonds is 1. The molecule has 3 rings (SSSR count). The minimum Gasteiger partial charge on any atom is -0.482 e. The molecule has 0 radical (unpaired) electrons. The summed E-state index contributed by atoms with van der Waals surface area (Å²) >= 11 is 12.2. The minimum atomic E-state index is -0.297. The van der Waals surface area contributed by atoms with Gasteiger partial charge < -0.3 is 10.1 Å². The molecule has 5 heteroatoms. The molecule has 1 aliphatic rings. The Hall–Kier alpha value is -1.45. The van der Waals surface area contributed by atoms with Crippen LogP contribution in [0.3, 0.4) is 0 Å². The number of fused-ring (bicyclic) bond motifs is 1. The van der Waals surface area contributed by atoms with Crippen LogP contribution in [-0.2, 0) is 0 Å². The Morgan fingerprint density at radius 3 is 2.89 bits per heavy atom. The quantitative estimate of drug-likeness (QED) is 0.825. The van der Waals surface area contributed by atoms with Crippen LogP contribution >= 0.6 is 23.2 Å². The van der Waals surface area contributed by atoms with Crippen molar-refractivity contribution in [3.63, 3.8) is 0 Å². The molecule has 0 bridgehead atoms. The van der Waals surface area contributed by atoms with Crippen molar-refractivity contribution in [1.29, 1.82) is 0 Å². The smallest absolute Gasteiger partial charge is 0.143 e. The van der Waals surface area contributed by atoms with E-state index in [-0.39, 0.29) is 11.9 Å². The van der Waals surface area contributed by atoms with E-state index < -0.39 is 0 Å². The third-order valence-electron chi connectivity index (χ3n) is 3.02. The second-order valence-corrected chi connectivity index (χ2v) is 5.06. The van der Waals surface area contributed by atoms with E-state index in [1.807, 2.05) is 12.1 Å². The predicted molar refractivity (Wildman–Crippen MR) is 74.7 cm³/mol. The Balaban J connectivity index is 1.93. The van der Waals surface area contributed by atoms with E-state index in [1.54, 1.807) is 12.1 Å². The highest BCUT2D eigenvalue weighted by molar-refractivity contribution is 6.42. The molecule has 0 spiro atoms. The average Bonchev–Trinajstić information content (AvgIpc) is 2.41. The summed E-state index contributed by atoms with van der Waals surface area (Å²) in [7, 11) is 0. The van der Waals surface area contributed by atoms with E-state index in [4.69, 9.17) is 27.9 Å². The first-order valence-corrected chi connectivity index (χ1v) is 6.55. The van der Waals surface area contributed by atoms with E-state index >= 15 is 0 Å². The molecule has 1 N–H and O–H groups in total. The molecule has 0 amide bonds. The topological polar surface area (TPSA) is 21.3 Å². The molecule has 19 heavy (non-hydrogen) atoms. The van der Waals surface area contributed by atoms with Crippen LogP contribution in [0, 0.1) is 5.82 Å². The van der Waals surface area contributed by atoms with Gasteiger partial charge in [-0.3, -0.25) is 0 Å². The van der Waals surface area contributed by atoms with E-state index in [1.165, 1.54) is 12.1 Å². The average molecular weight is 298 g/mol. The maximum absolute atomic E-state index is 13.1. The Labute approximate surface area is 120 Å². The van der Waals surface area contributed by atoms with Crippen molar-refractivity contribution in [2.45, 2.75) is 6.10 Å². The lowest BCUT2D eigenvalue weighted by molar-refractivity contribution is 0.210. The molecule has 0 saturated heterocycles. The molecule has 1 aliphatic heterocycles. The van der Waals surface area contributed by atoms with E-state index in [2.05, 4.69) is 5.32 Å². The van der Waals surface area contributed by atoms with Gasteiger partial charge in [0.25, 0.3) is 0 Å². The van der Waals surface area contributed by atoms with Crippen molar-refractivity contribution in [2.24, 2.45) is 0 Å². The number of benzene rings is 2. The fourth-order valence-corrected chi connectivity index (χ4v) is 2.51. The summed E-state index contributed by atoms with van der Waals surface area (Å²) in [6.45, 7) is 0.510. The van der Waals surface area contributed by atoms with E-state index in [0.29, 0.717) is 28.0 Å². The van der Waals surface area contributed by atoms with Crippen molar-refractivity contribution >= 4 is 28.9 Å². The second-order valence-electron chi connectivity index (χ2n) is 4.27. The van der Waals surface area contributed by atoms with Crippen LogP contribution in [0.25, 0.3) is 0 Å². The highest BCUT2D eigenvalue weighted by Crippen LogP contribution is 2.38. The zero-order valence-corrected chi connectivity index (χ0v) is 11.3. The number of hydrogen-bond acceptors (Lipinski definition) is 2. The summed E-state index contributed by atoms with van der Waals surface area (Å²) in [5.41, 5.74) is 1.46. The lowest BCUT2D eigenvalue weighted by atomic mass is 10.1. The van der Waals surface area contributed by atoms with Crippen LogP contribution in [0.2, 0.25) is 10.0 Å². The fraction of sp³-hybridized carbons (Fsp3) is 0.143. The predicted octanol–water partition coefficient (Wildman–Crippen LogP) is 4.68. The highest BCUT2D eigenvalue weighted by Gasteiger charge is 2.23. The lowest BCUT2D eigenvalue weighted by Gasteiger charge is -2.28. The van der Waals surface area contributed by atoms with Gasteiger partial charge in [0, 0.05) is 11.6 Å². The maximum Gasteiger partial charge on any atom is 0.143 e. The zero-order valence-electron chi connectivity index (χ0n) is 9.79. The Bertz CT molecular complexity index is 633. The molecule has 2 nitrogen and oxygen atoms in total. The van der Waals surface area contributed by atoms with Crippen LogP contribution in [0.15, 0.2) is 36.4 Å². The summed E-state index contributed by atoms with van der Waals surface area (Å²) in [5.74, 6) is 0.308. The number of halogens is 3. The number of anilines is 1. The van der Waals surface area contributed by atoms with Crippen molar-refractivity contribution < 1.29 is 9.13 Å². The van der Waals surface area contributed by atoms with Gasteiger partial charge in [0.05, 0.1) is 22.3 Å². The molecule has 0 fully saturated rings. The first-order chi connectivity index (χ1) is 9.15. The van der Waals surface area contributed by atoms with Crippen LogP contribution in [-0.4, -0.2) is 6.54 Å². The monoisotopic (exact) mass is 297 g/mol. The maximum atomic E-state index is 13.1. The molecule has 1 atom stereocenters. The first-order valence-electron chi connectivity index (χ1n) is 5.79. The minimum absolute atomic E-state index is 0.246. The standard InChI is InChI=1S/C14H10Cl2FNO/c15-10-3-1-2-9(14(10)16)13-7-18-11-6-8(17)4-5-12(11)19-13/h1-6,13,18H,7H2. The zero-order chi connectivity index (χ0) is 13.4. The molecule has 0 aliphatic carbocycles. The highest BCUT2D eigenvalue weighted by atomic mass is 35.5. The molecule has 98 valence electrons. The fourth-order valence-electron chi connectivity index (χ4n) is 2.08. The van der Waals surface area contributed by atoms with Gasteiger partial charge >= 0.3 is 0 Å². The van der Waals surface area contributed by atoms with Gasteiger partial charge in [0.15, 0.2) is 0 Å². The Morgan fingerprint density at radius 2 is 2.05 bits per heavy atom. The van der Waals surface area contributed by atoms with Gasteiger partial charge in [-0.15, -0.1) is 0 Å². The van der Waals surface area contributed by atoms with Crippen LogP contribution < -0.4 is 10.1 Å². The molecule has 0 saturated carbocycles. The molecular weight excluding hydrogens is 288 g/mol. The normalized spacial score (nSPS) is 17.3. The van der Waals surface area contributed by atoms with Gasteiger partial charge in [-0.1, -0.05) is 35.3 Å². The van der Waals surface area contributed by atoms with Gasteiger partial charge in [-0.25, -0.2) is 4.39 Å². The molecule has 2 aromatic rings. The van der Waals surface area contributed by atoms with Crippen molar-refractivity contribution in [3.8, 4) is 5.75 Å². The van der Waals surface area contributed by atoms with Gasteiger partial charge in [-0.2, -0.15) is 0 Å². The van der Waals surface area contributed by atoms with Crippen LogP contribution in [0.4, 0.5) is 10.1 Å². The second kappa shape index (κ2) is 4.91. The number of nitrogens with one attached hydrogen (secondary N) is 1. The summed E-state index contributed by atoms with van der Waals surface area (Å²) in [5, 5.41) is 4.11. The summed E-state index contributed by atoms with van der Waals surface area (Å²) < 4.78 is 18.9. The van der Waals surface area contributed by atoms with Gasteiger partial charge in [-0.05, 0) is 18.2 Å². The Kier molecular flexibility index (Phi) is 3.25. The van der Waals surface area contributed by atoms with Crippen molar-refractivity contribution in [3.05, 3.63) is 57.8 Å². The molecule has 0 aromatic heterocycles. The van der Waals surface area contributed by atoms with Crippen LogP contribution in [0.5, 0.6) is 5.75 Å². The third-order valence-corrected chi connectivity index (χ3v) is 3.85. The first kappa shape index (κ1) is 12.6. The van der Waals surface area contributed by atoms with E-state index in [9.17, 15) is 4.39 Å². The van der Waals surface area contributed by atoms with Crippen molar-refractivity contribution in [2.75, 3.05) is 11.9 Å². The number of ether oxygens (including phenoxy) is 1. The summed E-state index contributed by atoms with van der Waals surface area (Å²) in [4.78, 5) is 0.